The summed E-state index contributed by atoms with van der Waals surface area (Å²) in [5.74, 6) is 0.934. The highest BCUT2D eigenvalue weighted by molar-refractivity contribution is 5.89. The maximum absolute atomic E-state index is 13.2. The molecule has 1 aromatic heterocycles. The van der Waals surface area contributed by atoms with E-state index < -0.39 is 0 Å². The van der Waals surface area contributed by atoms with Crippen molar-refractivity contribution in [2.45, 2.75) is 51.0 Å². The number of halogens is 1. The fourth-order valence-corrected chi connectivity index (χ4v) is 5.16. The first-order valence-electron chi connectivity index (χ1n) is 11.6. The van der Waals surface area contributed by atoms with Crippen LogP contribution in [-0.2, 0) is 6.42 Å². The summed E-state index contributed by atoms with van der Waals surface area (Å²) >= 11 is 0. The Kier molecular flexibility index (Phi) is 7.52. The van der Waals surface area contributed by atoms with E-state index in [0.29, 0.717) is 11.8 Å². The fraction of sp³-hybridized carbons (Fsp3) is 0.520. The highest BCUT2D eigenvalue weighted by atomic mass is 19.1. The minimum Gasteiger partial charge on any atom is -0.335 e. The zero-order valence-electron chi connectivity index (χ0n) is 18.1. The van der Waals surface area contributed by atoms with Gasteiger partial charge < -0.3 is 15.5 Å². The molecule has 2 fully saturated rings. The average Bonchev–Trinajstić information content (AvgIpc) is 2.78. The number of carbonyl (C=O) groups excluding carboxylic acids is 1. The molecule has 1 aliphatic carbocycles. The van der Waals surface area contributed by atoms with E-state index in [1.807, 2.05) is 12.1 Å². The van der Waals surface area contributed by atoms with E-state index in [4.69, 9.17) is 0 Å². The van der Waals surface area contributed by atoms with E-state index in [2.05, 4.69) is 20.5 Å². The van der Waals surface area contributed by atoms with Crippen molar-refractivity contribution in [2.75, 3.05) is 25.0 Å². The van der Waals surface area contributed by atoms with Gasteiger partial charge in [0.15, 0.2) is 0 Å². The molecule has 2 aromatic rings. The quantitative estimate of drug-likeness (QED) is 0.697. The number of nitrogens with one attached hydrogen (secondary N) is 2. The van der Waals surface area contributed by atoms with Gasteiger partial charge in [-0.15, -0.1) is 0 Å². The number of rotatable bonds is 6. The van der Waals surface area contributed by atoms with Crippen molar-refractivity contribution in [1.82, 2.24) is 15.2 Å². The third-order valence-corrected chi connectivity index (χ3v) is 6.70. The average molecular weight is 425 g/mol. The van der Waals surface area contributed by atoms with E-state index in [-0.39, 0.29) is 17.9 Å². The second kappa shape index (κ2) is 10.7. The highest BCUT2D eigenvalue weighted by Crippen LogP contribution is 2.28. The Morgan fingerprint density at radius 3 is 2.61 bits per heavy atom. The number of piperidine rings is 1. The molecule has 1 aliphatic heterocycles. The molecule has 1 saturated carbocycles. The first-order chi connectivity index (χ1) is 15.2. The number of carbonyl (C=O) groups is 1. The Morgan fingerprint density at radius 2 is 1.81 bits per heavy atom. The number of anilines is 1. The van der Waals surface area contributed by atoms with Crippen LogP contribution in [0.15, 0.2) is 48.8 Å². The van der Waals surface area contributed by atoms with Crippen molar-refractivity contribution >= 4 is 11.7 Å². The summed E-state index contributed by atoms with van der Waals surface area (Å²) in [4.78, 5) is 19.1. The van der Waals surface area contributed by atoms with Crippen molar-refractivity contribution in [2.24, 2.45) is 11.8 Å². The zero-order valence-corrected chi connectivity index (χ0v) is 18.1. The van der Waals surface area contributed by atoms with E-state index in [0.717, 1.165) is 38.2 Å². The number of likely N-dealkylation sites (tertiary alicyclic amines) is 1. The van der Waals surface area contributed by atoms with Crippen LogP contribution in [0.4, 0.5) is 14.9 Å². The zero-order chi connectivity index (χ0) is 21.5. The molecule has 6 heteroatoms. The molecule has 1 saturated heterocycles. The fourth-order valence-electron chi connectivity index (χ4n) is 5.16. The lowest BCUT2D eigenvalue weighted by Crippen LogP contribution is -2.49. The molecule has 0 spiro atoms. The normalized spacial score (nSPS) is 24.5. The second-order valence-electron chi connectivity index (χ2n) is 9.08. The number of hydrogen-bond donors (Lipinski definition) is 2. The monoisotopic (exact) mass is 424 g/mol. The molecule has 4 rings (SSSR count). The molecule has 0 unspecified atom stereocenters. The van der Waals surface area contributed by atoms with Crippen LogP contribution in [0.3, 0.4) is 0 Å². The molecule has 31 heavy (non-hydrogen) atoms. The predicted octanol–water partition coefficient (Wildman–Crippen LogP) is 4.86. The van der Waals surface area contributed by atoms with Crippen LogP contribution in [0.2, 0.25) is 0 Å². The lowest BCUT2D eigenvalue weighted by atomic mass is 9.83. The van der Waals surface area contributed by atoms with Gasteiger partial charge in [-0.3, -0.25) is 4.98 Å². The topological polar surface area (TPSA) is 57.3 Å². The Hall–Kier alpha value is -2.47. The van der Waals surface area contributed by atoms with Gasteiger partial charge in [0.25, 0.3) is 0 Å². The van der Waals surface area contributed by atoms with Crippen molar-refractivity contribution < 1.29 is 9.18 Å². The lowest BCUT2D eigenvalue weighted by Gasteiger charge is -2.39. The summed E-state index contributed by atoms with van der Waals surface area (Å²) in [7, 11) is 0. The van der Waals surface area contributed by atoms with E-state index in [9.17, 15) is 9.18 Å². The number of aromatic nitrogens is 1. The van der Waals surface area contributed by atoms with Gasteiger partial charge in [0.1, 0.15) is 5.82 Å². The first kappa shape index (κ1) is 21.8. The van der Waals surface area contributed by atoms with E-state index in [1.54, 1.807) is 36.7 Å². The minimum atomic E-state index is -0.169. The summed E-state index contributed by atoms with van der Waals surface area (Å²) in [6.45, 7) is 3.26. The molecule has 0 bridgehead atoms. The van der Waals surface area contributed by atoms with Gasteiger partial charge in [-0.25, -0.2) is 9.18 Å². The Bertz CT molecular complexity index is 829. The molecule has 166 valence electrons. The largest absolute Gasteiger partial charge is 0.335 e. The standard InChI is InChI=1S/C25H33FN4O/c26-22-9-7-19(8-10-22)16-20-4-3-15-30(17-20)18-21-5-1-2-6-24(21)29-25(31)28-23-11-13-27-14-12-23/h7-14,20-21,24H,1-6,15-18H2,(H2,27,28,29,31)/t20-,21-,24+/m0/s1. The van der Waals surface area contributed by atoms with Crippen LogP contribution >= 0.6 is 0 Å². The molecule has 2 N–H and O–H groups in total. The lowest BCUT2D eigenvalue weighted by molar-refractivity contribution is 0.123. The maximum atomic E-state index is 13.2. The van der Waals surface area contributed by atoms with Crippen LogP contribution in [0.5, 0.6) is 0 Å². The summed E-state index contributed by atoms with van der Waals surface area (Å²) < 4.78 is 13.2. The number of nitrogens with zero attached hydrogens (tertiary/aromatic N) is 2. The van der Waals surface area contributed by atoms with Gasteiger partial charge in [-0.05, 0) is 80.3 Å². The molecule has 1 aromatic carbocycles. The van der Waals surface area contributed by atoms with Crippen molar-refractivity contribution in [3.8, 4) is 0 Å². The number of urea groups is 1. The Labute approximate surface area is 184 Å². The predicted molar refractivity (Wildman–Crippen MR) is 121 cm³/mol. The molecule has 0 radical (unpaired) electrons. The van der Waals surface area contributed by atoms with Crippen molar-refractivity contribution in [1.29, 1.82) is 0 Å². The van der Waals surface area contributed by atoms with Crippen LogP contribution in [0, 0.1) is 17.7 Å². The molecule has 5 nitrogen and oxygen atoms in total. The summed E-state index contributed by atoms with van der Waals surface area (Å²) in [6.07, 6.45) is 11.4. The third-order valence-electron chi connectivity index (χ3n) is 6.70. The van der Waals surface area contributed by atoms with Crippen molar-refractivity contribution in [3.05, 3.63) is 60.2 Å². The summed E-state index contributed by atoms with van der Waals surface area (Å²) in [6, 6.07) is 10.6. The number of hydrogen-bond acceptors (Lipinski definition) is 3. The second-order valence-corrected chi connectivity index (χ2v) is 9.08. The number of amides is 2. The molecule has 2 aliphatic rings. The first-order valence-corrected chi connectivity index (χ1v) is 11.6. The smallest absolute Gasteiger partial charge is 0.319 e. The summed E-state index contributed by atoms with van der Waals surface area (Å²) in [5.41, 5.74) is 1.98. The minimum absolute atomic E-state index is 0.129. The third kappa shape index (κ3) is 6.50. The van der Waals surface area contributed by atoms with Crippen LogP contribution in [0.25, 0.3) is 0 Å². The molecule has 2 amide bonds. The summed E-state index contributed by atoms with van der Waals surface area (Å²) in [5, 5.41) is 6.15. The highest BCUT2D eigenvalue weighted by Gasteiger charge is 2.30. The van der Waals surface area contributed by atoms with Gasteiger partial charge in [0.05, 0.1) is 0 Å². The Morgan fingerprint density at radius 1 is 1.03 bits per heavy atom. The SMILES string of the molecule is O=C(Nc1ccncc1)N[C@@H]1CCCC[C@H]1CN1CCC[C@@H](Cc2ccc(F)cc2)C1. The molecular weight excluding hydrogens is 391 g/mol. The Balaban J connectivity index is 1.29. The van der Waals surface area contributed by atoms with Gasteiger partial charge in [-0.2, -0.15) is 0 Å². The number of pyridine rings is 1. The van der Waals surface area contributed by atoms with Gasteiger partial charge >= 0.3 is 6.03 Å². The molecular formula is C25H33FN4O. The van der Waals surface area contributed by atoms with Gasteiger partial charge in [0.2, 0.25) is 0 Å². The van der Waals surface area contributed by atoms with Gasteiger partial charge in [0, 0.05) is 37.2 Å². The number of benzene rings is 1. The van der Waals surface area contributed by atoms with Crippen LogP contribution in [-0.4, -0.2) is 41.6 Å². The van der Waals surface area contributed by atoms with Crippen LogP contribution < -0.4 is 10.6 Å². The molecule has 2 heterocycles. The van der Waals surface area contributed by atoms with E-state index >= 15 is 0 Å². The maximum Gasteiger partial charge on any atom is 0.319 e. The van der Waals surface area contributed by atoms with Crippen molar-refractivity contribution in [3.63, 3.8) is 0 Å². The van der Waals surface area contributed by atoms with Gasteiger partial charge in [-0.1, -0.05) is 25.0 Å². The van der Waals surface area contributed by atoms with E-state index in [1.165, 1.54) is 37.7 Å². The van der Waals surface area contributed by atoms with Crippen LogP contribution in [0.1, 0.15) is 44.1 Å². The molecule has 3 atom stereocenters.